The second-order valence-electron chi connectivity index (χ2n) is 7.43. The first-order valence-electron chi connectivity index (χ1n) is 9.68. The molecule has 7 heteroatoms. The van der Waals surface area contributed by atoms with E-state index in [1.165, 1.54) is 0 Å². The highest BCUT2D eigenvalue weighted by molar-refractivity contribution is 7.92. The lowest BCUT2D eigenvalue weighted by molar-refractivity contribution is 0.232. The molecule has 2 aromatic carbocycles. The molecular formula is C22H22Cl2N2O2S. The lowest BCUT2D eigenvalue weighted by Crippen LogP contribution is -2.40. The van der Waals surface area contributed by atoms with Gasteiger partial charge in [-0.05, 0) is 74.3 Å². The number of aromatic nitrogens is 1. The van der Waals surface area contributed by atoms with Crippen LogP contribution in [-0.4, -0.2) is 43.2 Å². The molecule has 29 heavy (non-hydrogen) atoms. The van der Waals surface area contributed by atoms with E-state index in [4.69, 9.17) is 23.2 Å². The van der Waals surface area contributed by atoms with Gasteiger partial charge in [0.2, 0.25) is 0 Å². The topological polar surface area (TPSA) is 50.3 Å². The summed E-state index contributed by atoms with van der Waals surface area (Å²) in [5.74, 6) is 0. The fourth-order valence-electron chi connectivity index (χ4n) is 3.87. The fourth-order valence-corrected chi connectivity index (χ4v) is 6.14. The van der Waals surface area contributed by atoms with Crippen LogP contribution in [0.5, 0.6) is 0 Å². The Bertz CT molecular complexity index is 1130. The van der Waals surface area contributed by atoms with Crippen molar-refractivity contribution in [3.63, 3.8) is 0 Å². The Kier molecular flexibility index (Phi) is 6.11. The number of hydrogen-bond donors (Lipinski definition) is 0. The quantitative estimate of drug-likeness (QED) is 0.549. The molecule has 152 valence electrons. The first-order valence-corrected chi connectivity index (χ1v) is 12.0. The molecule has 4 nitrogen and oxygen atoms in total. The maximum atomic E-state index is 13.1. The van der Waals surface area contributed by atoms with Crippen LogP contribution in [-0.2, 0) is 16.3 Å². The molecule has 0 atom stereocenters. The van der Waals surface area contributed by atoms with Crippen LogP contribution in [0.2, 0.25) is 10.0 Å². The van der Waals surface area contributed by atoms with E-state index in [1.807, 2.05) is 24.3 Å². The van der Waals surface area contributed by atoms with E-state index >= 15 is 0 Å². The number of likely N-dealkylation sites (tertiary alicyclic amines) is 1. The number of benzene rings is 2. The van der Waals surface area contributed by atoms with E-state index < -0.39 is 9.84 Å². The Labute approximate surface area is 181 Å². The predicted molar refractivity (Wildman–Crippen MR) is 119 cm³/mol. The lowest BCUT2D eigenvalue weighted by atomic mass is 10.1. The van der Waals surface area contributed by atoms with E-state index in [9.17, 15) is 8.42 Å². The molecule has 1 aliphatic rings. The van der Waals surface area contributed by atoms with Crippen LogP contribution in [0.3, 0.4) is 0 Å². The zero-order valence-electron chi connectivity index (χ0n) is 15.9. The van der Waals surface area contributed by atoms with Gasteiger partial charge < -0.3 is 4.90 Å². The summed E-state index contributed by atoms with van der Waals surface area (Å²) >= 11 is 12.2. The van der Waals surface area contributed by atoms with E-state index in [1.54, 1.807) is 30.5 Å². The summed E-state index contributed by atoms with van der Waals surface area (Å²) in [4.78, 5) is 6.96. The first-order chi connectivity index (χ1) is 13.9. The van der Waals surface area contributed by atoms with Crippen LogP contribution in [0.25, 0.3) is 10.9 Å². The molecule has 1 aromatic heterocycles. The van der Waals surface area contributed by atoms with Gasteiger partial charge in [0, 0.05) is 28.2 Å². The molecule has 0 aliphatic carbocycles. The summed E-state index contributed by atoms with van der Waals surface area (Å²) in [6.07, 6.45) is 3.82. The Balaban J connectivity index is 1.39. The van der Waals surface area contributed by atoms with Crippen molar-refractivity contribution in [3.8, 4) is 0 Å². The minimum Gasteiger partial charge on any atom is -0.303 e. The largest absolute Gasteiger partial charge is 0.303 e. The monoisotopic (exact) mass is 448 g/mol. The van der Waals surface area contributed by atoms with Gasteiger partial charge in [-0.15, -0.1) is 0 Å². The molecule has 0 N–H and O–H groups in total. The van der Waals surface area contributed by atoms with Crippen LogP contribution in [0.1, 0.15) is 18.4 Å². The number of hydrogen-bond acceptors (Lipinski definition) is 4. The van der Waals surface area contributed by atoms with Crippen LogP contribution in [0.4, 0.5) is 0 Å². The molecule has 1 fully saturated rings. The number of piperidine rings is 1. The minimum atomic E-state index is -3.35. The molecule has 1 saturated heterocycles. The van der Waals surface area contributed by atoms with Gasteiger partial charge >= 0.3 is 0 Å². The molecule has 2 heterocycles. The third-order valence-electron chi connectivity index (χ3n) is 5.59. The third-order valence-corrected chi connectivity index (χ3v) is 8.44. The second kappa shape index (κ2) is 8.60. The molecule has 0 amide bonds. The average Bonchev–Trinajstić information content (AvgIpc) is 2.73. The predicted octanol–water partition coefficient (Wildman–Crippen LogP) is 5.02. The van der Waals surface area contributed by atoms with Crippen molar-refractivity contribution in [2.24, 2.45) is 0 Å². The van der Waals surface area contributed by atoms with E-state index in [0.29, 0.717) is 27.8 Å². The maximum absolute atomic E-state index is 13.1. The first kappa shape index (κ1) is 20.6. The van der Waals surface area contributed by atoms with Crippen molar-refractivity contribution >= 4 is 43.9 Å². The SMILES string of the molecule is O=S(=O)(c1ccc2ncccc2c1)C1CCN(CCc2ccc(Cl)cc2Cl)CC1. The Morgan fingerprint density at radius 2 is 1.83 bits per heavy atom. The Morgan fingerprint density at radius 3 is 2.59 bits per heavy atom. The standard InChI is InChI=1S/C22H22Cl2N2O2S/c23-18-4-3-16(21(24)15-18)7-11-26-12-8-19(9-13-26)29(27,28)20-5-6-22-17(14-20)2-1-10-25-22/h1-6,10,14-15,19H,7-9,11-13H2. The Hall–Kier alpha value is -1.66. The van der Waals surface area contributed by atoms with Crippen LogP contribution in [0, 0.1) is 0 Å². The van der Waals surface area contributed by atoms with Crippen LogP contribution in [0.15, 0.2) is 59.6 Å². The van der Waals surface area contributed by atoms with Gasteiger partial charge in [0.15, 0.2) is 9.84 Å². The van der Waals surface area contributed by atoms with Gasteiger partial charge in [-0.2, -0.15) is 0 Å². The number of pyridine rings is 1. The smallest absolute Gasteiger partial charge is 0.181 e. The number of rotatable bonds is 5. The molecule has 4 rings (SSSR count). The normalized spacial score (nSPS) is 16.3. The number of halogens is 2. The number of nitrogens with zero attached hydrogens (tertiary/aromatic N) is 2. The van der Waals surface area contributed by atoms with Gasteiger partial charge in [-0.3, -0.25) is 4.98 Å². The van der Waals surface area contributed by atoms with Crippen molar-refractivity contribution in [1.82, 2.24) is 9.88 Å². The summed E-state index contributed by atoms with van der Waals surface area (Å²) < 4.78 is 26.2. The van der Waals surface area contributed by atoms with E-state index in [-0.39, 0.29) is 5.25 Å². The molecule has 0 saturated carbocycles. The number of fused-ring (bicyclic) bond motifs is 1. The highest BCUT2D eigenvalue weighted by Crippen LogP contribution is 2.27. The second-order valence-corrected chi connectivity index (χ2v) is 10.5. The van der Waals surface area contributed by atoms with Crippen molar-refractivity contribution in [2.75, 3.05) is 19.6 Å². The van der Waals surface area contributed by atoms with E-state index in [2.05, 4.69) is 9.88 Å². The van der Waals surface area contributed by atoms with Gasteiger partial charge in [-0.1, -0.05) is 35.3 Å². The van der Waals surface area contributed by atoms with Crippen molar-refractivity contribution in [1.29, 1.82) is 0 Å². The molecule has 0 radical (unpaired) electrons. The van der Waals surface area contributed by atoms with Gasteiger partial charge in [-0.25, -0.2) is 8.42 Å². The van der Waals surface area contributed by atoms with Gasteiger partial charge in [0.05, 0.1) is 15.7 Å². The molecule has 1 aliphatic heterocycles. The van der Waals surface area contributed by atoms with Gasteiger partial charge in [0.25, 0.3) is 0 Å². The highest BCUT2D eigenvalue weighted by atomic mass is 35.5. The third kappa shape index (κ3) is 4.58. The van der Waals surface area contributed by atoms with Crippen molar-refractivity contribution in [3.05, 3.63) is 70.3 Å². The van der Waals surface area contributed by atoms with Crippen LogP contribution >= 0.6 is 23.2 Å². The molecule has 3 aromatic rings. The van der Waals surface area contributed by atoms with E-state index in [0.717, 1.165) is 42.5 Å². The highest BCUT2D eigenvalue weighted by Gasteiger charge is 2.31. The molecular weight excluding hydrogens is 427 g/mol. The van der Waals surface area contributed by atoms with Gasteiger partial charge in [0.1, 0.15) is 0 Å². The maximum Gasteiger partial charge on any atom is 0.181 e. The molecule has 0 bridgehead atoms. The average molecular weight is 449 g/mol. The summed E-state index contributed by atoms with van der Waals surface area (Å²) in [5, 5.41) is 1.83. The zero-order valence-corrected chi connectivity index (χ0v) is 18.2. The van der Waals surface area contributed by atoms with Crippen molar-refractivity contribution < 1.29 is 8.42 Å². The van der Waals surface area contributed by atoms with Crippen LogP contribution < -0.4 is 0 Å². The zero-order chi connectivity index (χ0) is 20.4. The summed E-state index contributed by atoms with van der Waals surface area (Å²) in [6.45, 7) is 2.39. The summed E-state index contributed by atoms with van der Waals surface area (Å²) in [5.41, 5.74) is 1.87. The lowest BCUT2D eigenvalue weighted by Gasteiger charge is -2.31. The summed E-state index contributed by atoms with van der Waals surface area (Å²) in [7, 11) is -3.35. The van der Waals surface area contributed by atoms with Crippen molar-refractivity contribution in [2.45, 2.75) is 29.4 Å². The minimum absolute atomic E-state index is 0.341. The molecule has 0 unspecified atom stereocenters. The fraction of sp³-hybridized carbons (Fsp3) is 0.318. The molecule has 0 spiro atoms. The number of sulfone groups is 1. The summed E-state index contributed by atoms with van der Waals surface area (Å²) in [6, 6.07) is 14.5. The Morgan fingerprint density at radius 1 is 1.03 bits per heavy atom.